The Bertz CT molecular complexity index is 1180. The topological polar surface area (TPSA) is 73.9 Å². The molecule has 0 aliphatic carbocycles. The molecule has 0 atom stereocenters. The van der Waals surface area contributed by atoms with E-state index in [1.807, 2.05) is 17.5 Å². The molecule has 1 amide bonds. The highest BCUT2D eigenvalue weighted by molar-refractivity contribution is 7.13. The molecule has 2 aromatic heterocycles. The number of thiazole rings is 1. The van der Waals surface area contributed by atoms with Crippen molar-refractivity contribution >= 4 is 39.1 Å². The van der Waals surface area contributed by atoms with Crippen LogP contribution in [0, 0.1) is 0 Å². The van der Waals surface area contributed by atoms with Crippen LogP contribution in [-0.4, -0.2) is 33.9 Å². The van der Waals surface area contributed by atoms with Crippen LogP contribution >= 0.6 is 11.3 Å². The van der Waals surface area contributed by atoms with Crippen molar-refractivity contribution in [3.05, 3.63) is 59.1 Å². The minimum absolute atomic E-state index is 0.201. The molecule has 7 heteroatoms. The first-order valence-electron chi connectivity index (χ1n) is 9.81. The van der Waals surface area contributed by atoms with E-state index in [1.54, 1.807) is 12.3 Å². The van der Waals surface area contributed by atoms with E-state index in [1.165, 1.54) is 22.6 Å². The number of aromatic nitrogens is 3. The predicted octanol–water partition coefficient (Wildman–Crippen LogP) is 4.71. The maximum absolute atomic E-state index is 12.7. The molecule has 0 spiro atoms. The summed E-state index contributed by atoms with van der Waals surface area (Å²) in [6.45, 7) is 4.38. The van der Waals surface area contributed by atoms with Gasteiger partial charge < -0.3 is 9.88 Å². The van der Waals surface area contributed by atoms with Gasteiger partial charge in [-0.3, -0.25) is 10.1 Å². The number of rotatable bonds is 5. The highest BCUT2D eigenvalue weighted by Crippen LogP contribution is 2.32. The lowest BCUT2D eigenvalue weighted by Crippen LogP contribution is -2.20. The van der Waals surface area contributed by atoms with Gasteiger partial charge in [0, 0.05) is 35.9 Å². The van der Waals surface area contributed by atoms with Crippen LogP contribution in [0.4, 0.5) is 10.8 Å². The molecule has 0 bridgehead atoms. The van der Waals surface area contributed by atoms with Crippen LogP contribution in [0.25, 0.3) is 22.4 Å². The first-order chi connectivity index (χ1) is 14.2. The Morgan fingerprint density at radius 2 is 2.24 bits per heavy atom. The van der Waals surface area contributed by atoms with E-state index < -0.39 is 0 Å². The summed E-state index contributed by atoms with van der Waals surface area (Å²) in [7, 11) is 0. The Kier molecular flexibility index (Phi) is 4.52. The molecule has 2 aromatic carbocycles. The molecule has 4 aromatic rings. The largest absolute Gasteiger partial charge is 0.371 e. The van der Waals surface area contributed by atoms with Gasteiger partial charge in [-0.25, -0.2) is 9.97 Å². The molecule has 0 saturated carbocycles. The third kappa shape index (κ3) is 3.27. The number of carbonyl (C=O) groups is 1. The zero-order valence-electron chi connectivity index (χ0n) is 16.1. The number of anilines is 2. The third-order valence-corrected chi connectivity index (χ3v) is 5.94. The quantitative estimate of drug-likeness (QED) is 0.506. The first kappa shape index (κ1) is 17.9. The summed E-state index contributed by atoms with van der Waals surface area (Å²) in [5.41, 5.74) is 5.79. The lowest BCUT2D eigenvalue weighted by atomic mass is 10.1. The number of fused-ring (bicyclic) bond motifs is 2. The molecule has 6 nitrogen and oxygen atoms in total. The maximum Gasteiger partial charge on any atom is 0.259 e. The fraction of sp³-hybridized carbons (Fsp3) is 0.227. The molecule has 1 aliphatic heterocycles. The summed E-state index contributed by atoms with van der Waals surface area (Å²) in [6.07, 6.45) is 3.88. The Hall–Kier alpha value is -3.19. The van der Waals surface area contributed by atoms with Gasteiger partial charge >= 0.3 is 0 Å². The van der Waals surface area contributed by atoms with E-state index in [2.05, 4.69) is 45.3 Å². The summed E-state index contributed by atoms with van der Waals surface area (Å²) in [5, 5.41) is 5.25. The third-order valence-electron chi connectivity index (χ3n) is 5.25. The molecule has 0 fully saturated rings. The normalized spacial score (nSPS) is 13.1. The van der Waals surface area contributed by atoms with Gasteiger partial charge in [-0.05, 0) is 48.7 Å². The fourth-order valence-electron chi connectivity index (χ4n) is 3.92. The highest BCUT2D eigenvalue weighted by atomic mass is 32.1. The number of nitrogens with one attached hydrogen (secondary N) is 2. The van der Waals surface area contributed by atoms with E-state index in [9.17, 15) is 4.79 Å². The minimum Gasteiger partial charge on any atom is -0.371 e. The zero-order chi connectivity index (χ0) is 19.8. The Labute approximate surface area is 172 Å². The minimum atomic E-state index is -0.201. The molecular weight excluding hydrogens is 382 g/mol. The predicted molar refractivity (Wildman–Crippen MR) is 118 cm³/mol. The number of imidazole rings is 1. The van der Waals surface area contributed by atoms with Gasteiger partial charge in [0.1, 0.15) is 11.3 Å². The van der Waals surface area contributed by atoms with Crippen molar-refractivity contribution in [2.24, 2.45) is 0 Å². The van der Waals surface area contributed by atoms with Crippen molar-refractivity contribution < 1.29 is 4.79 Å². The monoisotopic (exact) mass is 403 g/mol. The molecule has 1 aliphatic rings. The molecule has 0 radical (unpaired) electrons. The molecule has 29 heavy (non-hydrogen) atoms. The summed E-state index contributed by atoms with van der Waals surface area (Å²) >= 11 is 1.39. The van der Waals surface area contributed by atoms with Crippen LogP contribution in [0.2, 0.25) is 0 Å². The molecule has 0 unspecified atom stereocenters. The zero-order valence-corrected chi connectivity index (χ0v) is 16.9. The van der Waals surface area contributed by atoms with Crippen molar-refractivity contribution in [1.82, 2.24) is 15.0 Å². The first-order valence-corrected chi connectivity index (χ1v) is 10.7. The average Bonchev–Trinajstić information content (AvgIpc) is 3.47. The van der Waals surface area contributed by atoms with E-state index in [0.717, 1.165) is 42.8 Å². The van der Waals surface area contributed by atoms with Crippen LogP contribution in [0.1, 0.15) is 29.3 Å². The molecule has 2 N–H and O–H groups in total. The number of hydrogen-bond donors (Lipinski definition) is 2. The van der Waals surface area contributed by atoms with Gasteiger partial charge in [-0.2, -0.15) is 0 Å². The Balaban J connectivity index is 1.49. The second-order valence-electron chi connectivity index (χ2n) is 7.16. The molecule has 146 valence electrons. The van der Waals surface area contributed by atoms with E-state index in [4.69, 9.17) is 4.98 Å². The van der Waals surface area contributed by atoms with Gasteiger partial charge in [0.15, 0.2) is 5.13 Å². The van der Waals surface area contributed by atoms with Crippen LogP contribution in [0.15, 0.2) is 48.0 Å². The van der Waals surface area contributed by atoms with Crippen molar-refractivity contribution in [3.8, 4) is 11.4 Å². The number of aromatic amines is 1. The van der Waals surface area contributed by atoms with Gasteiger partial charge in [0.05, 0.1) is 11.1 Å². The van der Waals surface area contributed by atoms with Crippen molar-refractivity contribution in [2.45, 2.75) is 19.8 Å². The average molecular weight is 404 g/mol. The SMILES string of the molecule is CCCN1CCc2cc(-c3nc4c(C(=O)Nc5nccs5)cccc4[nH]3)ccc21. The van der Waals surface area contributed by atoms with E-state index in [-0.39, 0.29) is 5.91 Å². The van der Waals surface area contributed by atoms with E-state index in [0.29, 0.717) is 16.2 Å². The van der Waals surface area contributed by atoms with E-state index >= 15 is 0 Å². The van der Waals surface area contributed by atoms with Crippen molar-refractivity contribution in [3.63, 3.8) is 0 Å². The number of para-hydroxylation sites is 1. The number of benzene rings is 2. The van der Waals surface area contributed by atoms with Gasteiger partial charge in [0.25, 0.3) is 5.91 Å². The number of amides is 1. The van der Waals surface area contributed by atoms with Crippen LogP contribution < -0.4 is 10.2 Å². The van der Waals surface area contributed by atoms with Crippen LogP contribution in [0.5, 0.6) is 0 Å². The fourth-order valence-corrected chi connectivity index (χ4v) is 4.45. The standard InChI is InChI=1S/C22H21N5OS/c1-2-10-27-11-8-14-13-15(6-7-18(14)27)20-24-17-5-3-4-16(19(17)25-20)21(28)26-22-23-9-12-29-22/h3-7,9,12-13H,2,8,10-11H2,1H3,(H,24,25)(H,23,26,28). The molecule has 0 saturated heterocycles. The second-order valence-corrected chi connectivity index (χ2v) is 8.05. The lowest BCUT2D eigenvalue weighted by Gasteiger charge is -2.18. The Morgan fingerprint density at radius 3 is 3.07 bits per heavy atom. The summed E-state index contributed by atoms with van der Waals surface area (Å²) < 4.78 is 0. The number of H-pyrrole nitrogens is 1. The Morgan fingerprint density at radius 1 is 1.31 bits per heavy atom. The van der Waals surface area contributed by atoms with Crippen molar-refractivity contribution in [2.75, 3.05) is 23.3 Å². The van der Waals surface area contributed by atoms with Gasteiger partial charge in [-0.1, -0.05) is 13.0 Å². The molecular formula is C22H21N5OS. The summed E-state index contributed by atoms with van der Waals surface area (Å²) in [4.78, 5) is 27.4. The number of nitrogens with zero attached hydrogens (tertiary/aromatic N) is 3. The second kappa shape index (κ2) is 7.33. The van der Waals surface area contributed by atoms with Gasteiger partial charge in [0.2, 0.25) is 0 Å². The van der Waals surface area contributed by atoms with Crippen molar-refractivity contribution in [1.29, 1.82) is 0 Å². The highest BCUT2D eigenvalue weighted by Gasteiger charge is 2.20. The summed E-state index contributed by atoms with van der Waals surface area (Å²) in [6, 6.07) is 12.1. The lowest BCUT2D eigenvalue weighted by molar-refractivity contribution is 0.102. The molecule has 3 heterocycles. The summed E-state index contributed by atoms with van der Waals surface area (Å²) in [5.74, 6) is 0.582. The number of hydrogen-bond acceptors (Lipinski definition) is 5. The molecule has 5 rings (SSSR count). The smallest absolute Gasteiger partial charge is 0.259 e. The maximum atomic E-state index is 12.7. The van der Waals surface area contributed by atoms with Gasteiger partial charge in [-0.15, -0.1) is 11.3 Å². The van der Waals surface area contributed by atoms with Crippen LogP contribution in [0.3, 0.4) is 0 Å². The van der Waals surface area contributed by atoms with Crippen LogP contribution in [-0.2, 0) is 6.42 Å². The number of carbonyl (C=O) groups excluding carboxylic acids is 1.